The van der Waals surface area contributed by atoms with Gasteiger partial charge in [-0.15, -0.1) is 0 Å². The van der Waals surface area contributed by atoms with Crippen molar-refractivity contribution >= 4 is 34.8 Å². The van der Waals surface area contributed by atoms with Gasteiger partial charge in [0, 0.05) is 44.4 Å². The van der Waals surface area contributed by atoms with E-state index in [0.29, 0.717) is 37.6 Å². The van der Waals surface area contributed by atoms with Gasteiger partial charge in [-0.3, -0.25) is 29.0 Å². The van der Waals surface area contributed by atoms with Crippen molar-refractivity contribution in [1.29, 1.82) is 0 Å². The van der Waals surface area contributed by atoms with Crippen LogP contribution in [0.5, 0.6) is 5.75 Å². The number of rotatable bonds is 8. The lowest BCUT2D eigenvalue weighted by atomic mass is 9.58. The van der Waals surface area contributed by atoms with Crippen LogP contribution in [0.3, 0.4) is 0 Å². The number of aliphatic hydroxyl groups is 3. The van der Waals surface area contributed by atoms with Crippen LogP contribution in [0.25, 0.3) is 0 Å². The van der Waals surface area contributed by atoms with E-state index in [1.54, 1.807) is 63.1 Å². The fourth-order valence-corrected chi connectivity index (χ4v) is 7.28. The third-order valence-corrected chi connectivity index (χ3v) is 9.46. The first-order valence-electron chi connectivity index (χ1n) is 15.5. The number of Topliss-reactive ketones (excluding diaryl/α,β-unsaturated/α-hetero) is 2. The molecule has 5 rings (SSSR count). The number of anilines is 2. The third-order valence-electron chi connectivity index (χ3n) is 9.46. The Bertz CT molecular complexity index is 1560. The lowest BCUT2D eigenvalue weighted by Crippen LogP contribution is -2.64. The molecule has 2 amide bonds. The van der Waals surface area contributed by atoms with Crippen LogP contribution in [0.1, 0.15) is 22.3 Å². The van der Waals surface area contributed by atoms with Gasteiger partial charge in [-0.25, -0.2) is 0 Å². The van der Waals surface area contributed by atoms with Gasteiger partial charge in [0.1, 0.15) is 17.1 Å². The van der Waals surface area contributed by atoms with Crippen molar-refractivity contribution in [3.8, 4) is 5.75 Å². The second-order valence-corrected chi connectivity index (χ2v) is 13.3. The van der Waals surface area contributed by atoms with E-state index in [9.17, 15) is 39.6 Å². The molecule has 1 saturated heterocycles. The number of carbonyl (C=O) groups excluding carboxylic acids is 4. The number of amides is 2. The quantitative estimate of drug-likeness (QED) is 0.157. The molecule has 3 aliphatic carbocycles. The van der Waals surface area contributed by atoms with Crippen molar-refractivity contribution in [3.05, 3.63) is 39.9 Å². The Hall–Kier alpha value is -4.02. The van der Waals surface area contributed by atoms with Gasteiger partial charge in [0.25, 0.3) is 5.91 Å². The van der Waals surface area contributed by atoms with Crippen LogP contribution in [0.15, 0.2) is 28.7 Å². The molecule has 1 aromatic carbocycles. The van der Waals surface area contributed by atoms with E-state index in [1.807, 2.05) is 4.90 Å². The Morgan fingerprint density at radius 1 is 1.06 bits per heavy atom. The number of phenols is 1. The SMILES string of the molecule is CN(C)CC(=O)Nc1cc(N(C)C)c2c(c1O)C(=O)C1=C(O)[C@]3(O)C(=O)C(C(=O)NCN4CCOCC4)=C(O)[C@@H](N(C)C)C3CC1C2. The highest BCUT2D eigenvalue weighted by molar-refractivity contribution is 6.25. The summed E-state index contributed by atoms with van der Waals surface area (Å²) in [5, 5.41) is 51.9. The normalized spacial score (nSPS) is 26.3. The van der Waals surface area contributed by atoms with Crippen LogP contribution < -0.4 is 15.5 Å². The standard InChI is InChI=1S/C32H44N6O9/c1-35(2)14-21(39)34-19-13-20(36(3)4)17-11-16-12-18-25(37(5)6)28(42)24(31(45)33-15-38-7-9-47-10-8-38)30(44)32(18,46)29(43)22(16)27(41)23(17)26(19)40/h13,16,18,25,40,42-43,46H,7-12,14-15H2,1-6H3,(H,33,45)(H,34,39)/t16?,18?,25-,32-/m0/s1. The highest BCUT2D eigenvalue weighted by atomic mass is 16.5. The van der Waals surface area contributed by atoms with E-state index in [0.717, 1.165) is 0 Å². The highest BCUT2D eigenvalue weighted by Gasteiger charge is 2.63. The van der Waals surface area contributed by atoms with Gasteiger partial charge >= 0.3 is 0 Å². The number of hydrogen-bond donors (Lipinski definition) is 6. The van der Waals surface area contributed by atoms with Crippen molar-refractivity contribution in [1.82, 2.24) is 20.0 Å². The topological polar surface area (TPSA) is 195 Å². The Balaban J connectivity index is 1.58. The van der Waals surface area contributed by atoms with Gasteiger partial charge in [-0.05, 0) is 58.6 Å². The van der Waals surface area contributed by atoms with E-state index in [2.05, 4.69) is 10.6 Å². The number of ether oxygens (including phenoxy) is 1. The average molecular weight is 657 g/mol. The molecule has 1 aromatic rings. The summed E-state index contributed by atoms with van der Waals surface area (Å²) in [6.45, 7) is 2.12. The maximum Gasteiger partial charge on any atom is 0.259 e. The van der Waals surface area contributed by atoms with E-state index >= 15 is 0 Å². The number of hydrogen-bond acceptors (Lipinski definition) is 13. The summed E-state index contributed by atoms with van der Waals surface area (Å²) in [7, 11) is 10.2. The predicted molar refractivity (Wildman–Crippen MR) is 171 cm³/mol. The molecule has 0 spiro atoms. The molecular weight excluding hydrogens is 612 g/mol. The fourth-order valence-electron chi connectivity index (χ4n) is 7.28. The molecule has 0 saturated carbocycles. The maximum absolute atomic E-state index is 14.3. The van der Waals surface area contributed by atoms with Crippen molar-refractivity contribution < 1.29 is 44.3 Å². The van der Waals surface area contributed by atoms with Gasteiger partial charge in [0.05, 0.1) is 43.7 Å². The van der Waals surface area contributed by atoms with Crippen LogP contribution in [-0.2, 0) is 25.5 Å². The summed E-state index contributed by atoms with van der Waals surface area (Å²) in [5.41, 5.74) is -2.82. The highest BCUT2D eigenvalue weighted by Crippen LogP contribution is 2.54. The second-order valence-electron chi connectivity index (χ2n) is 13.3. The molecule has 256 valence electrons. The zero-order chi connectivity index (χ0) is 34.5. The van der Waals surface area contributed by atoms with Gasteiger partial charge in [-0.1, -0.05) is 0 Å². The number of fused-ring (bicyclic) bond motifs is 3. The minimum atomic E-state index is -2.72. The summed E-state index contributed by atoms with van der Waals surface area (Å²) in [6.07, 6.45) is 0.142. The van der Waals surface area contributed by atoms with Crippen molar-refractivity contribution in [3.63, 3.8) is 0 Å². The number of nitrogens with zero attached hydrogens (tertiary/aromatic N) is 4. The zero-order valence-corrected chi connectivity index (χ0v) is 27.6. The molecule has 6 N–H and O–H groups in total. The number of nitrogens with one attached hydrogen (secondary N) is 2. The fraction of sp³-hybridized carbons (Fsp3) is 0.562. The van der Waals surface area contributed by atoms with E-state index in [4.69, 9.17) is 4.74 Å². The first kappa shape index (κ1) is 34.3. The van der Waals surface area contributed by atoms with Crippen LogP contribution in [0.4, 0.5) is 11.4 Å². The van der Waals surface area contributed by atoms with Crippen LogP contribution in [-0.4, -0.2) is 152 Å². The first-order valence-corrected chi connectivity index (χ1v) is 15.5. The molecule has 4 aliphatic rings. The van der Waals surface area contributed by atoms with Gasteiger partial charge < -0.3 is 45.6 Å². The Morgan fingerprint density at radius 3 is 2.32 bits per heavy atom. The average Bonchev–Trinajstić information content (AvgIpc) is 2.99. The molecule has 47 heavy (non-hydrogen) atoms. The van der Waals surface area contributed by atoms with Crippen LogP contribution in [0.2, 0.25) is 0 Å². The number of phenolic OH excluding ortho intramolecular Hbond substituents is 1. The molecule has 0 aromatic heterocycles. The Morgan fingerprint density at radius 2 is 1.72 bits per heavy atom. The number of aromatic hydroxyl groups is 1. The van der Waals surface area contributed by atoms with Crippen LogP contribution in [0, 0.1) is 11.8 Å². The minimum Gasteiger partial charge on any atom is -0.510 e. The summed E-state index contributed by atoms with van der Waals surface area (Å²) < 4.78 is 5.32. The molecule has 2 unspecified atom stereocenters. The number of allylic oxidation sites excluding steroid dienone is 1. The van der Waals surface area contributed by atoms with Crippen molar-refractivity contribution in [2.24, 2.45) is 11.8 Å². The molecular formula is C32H44N6O9. The molecule has 1 heterocycles. The summed E-state index contributed by atoms with van der Waals surface area (Å²) in [4.78, 5) is 61.2. The molecule has 1 aliphatic heterocycles. The van der Waals surface area contributed by atoms with E-state index in [-0.39, 0.29) is 42.9 Å². The molecule has 0 bridgehead atoms. The number of aliphatic hydroxyl groups excluding tert-OH is 2. The molecule has 15 nitrogen and oxygen atoms in total. The third kappa shape index (κ3) is 5.86. The molecule has 4 atom stereocenters. The van der Waals surface area contributed by atoms with Gasteiger partial charge in [0.15, 0.2) is 17.1 Å². The minimum absolute atomic E-state index is 0.00263. The monoisotopic (exact) mass is 656 g/mol. The molecule has 15 heteroatoms. The second kappa shape index (κ2) is 12.9. The Labute approximate surface area is 273 Å². The number of carbonyl (C=O) groups is 4. The summed E-state index contributed by atoms with van der Waals surface area (Å²) in [6, 6.07) is 0.518. The molecule has 1 fully saturated rings. The molecule has 0 radical (unpaired) electrons. The summed E-state index contributed by atoms with van der Waals surface area (Å²) >= 11 is 0. The van der Waals surface area contributed by atoms with Gasteiger partial charge in [-0.2, -0.15) is 0 Å². The van der Waals surface area contributed by atoms with Crippen molar-refractivity contribution in [2.45, 2.75) is 24.5 Å². The van der Waals surface area contributed by atoms with Crippen molar-refractivity contribution in [2.75, 3.05) is 92.0 Å². The maximum atomic E-state index is 14.3. The number of ketones is 2. The van der Waals surface area contributed by atoms with Gasteiger partial charge in [0.2, 0.25) is 11.7 Å². The zero-order valence-electron chi connectivity index (χ0n) is 27.6. The Kier molecular flexibility index (Phi) is 9.41. The number of likely N-dealkylation sites (N-methyl/N-ethyl adjacent to an activating group) is 2. The predicted octanol–water partition coefficient (Wildman–Crippen LogP) is -0.393. The number of benzene rings is 1. The van der Waals surface area contributed by atoms with Crippen LogP contribution >= 0.6 is 0 Å². The lowest BCUT2D eigenvalue weighted by Gasteiger charge is -2.50. The van der Waals surface area contributed by atoms with E-state index < -0.39 is 69.7 Å². The smallest absolute Gasteiger partial charge is 0.259 e. The first-order chi connectivity index (χ1) is 22.1. The van der Waals surface area contributed by atoms with E-state index in [1.165, 1.54) is 0 Å². The summed E-state index contributed by atoms with van der Waals surface area (Å²) in [5.74, 6) is -7.15. The lowest BCUT2D eigenvalue weighted by molar-refractivity contribution is -0.149. The number of morpholine rings is 1. The largest absolute Gasteiger partial charge is 0.510 e.